The van der Waals surface area contributed by atoms with Gasteiger partial charge in [0, 0.05) is 31.6 Å². The van der Waals surface area contributed by atoms with E-state index in [1.807, 2.05) is 4.90 Å². The van der Waals surface area contributed by atoms with Crippen LogP contribution in [0.4, 0.5) is 4.79 Å². The fourth-order valence-corrected chi connectivity index (χ4v) is 5.61. The van der Waals surface area contributed by atoms with Crippen molar-refractivity contribution in [2.24, 2.45) is 10.9 Å². The van der Waals surface area contributed by atoms with E-state index < -0.39 is 0 Å². The van der Waals surface area contributed by atoms with Crippen LogP contribution in [0.2, 0.25) is 0 Å². The Morgan fingerprint density at radius 1 is 1.17 bits per heavy atom. The van der Waals surface area contributed by atoms with Gasteiger partial charge in [-0.2, -0.15) is 0 Å². The molecular weight excluding hydrogens is 408 g/mol. The van der Waals surface area contributed by atoms with Crippen molar-refractivity contribution in [2.75, 3.05) is 19.6 Å². The second-order valence-corrected chi connectivity index (χ2v) is 10.6. The van der Waals surface area contributed by atoms with Gasteiger partial charge in [0.25, 0.3) is 0 Å². The monoisotopic (exact) mass is 442 g/mol. The van der Waals surface area contributed by atoms with Crippen LogP contribution in [0, 0.1) is 5.92 Å². The molecule has 1 aliphatic carbocycles. The highest BCUT2D eigenvalue weighted by molar-refractivity contribution is 8.15. The number of rotatable bonds is 5. The number of piperidine rings is 1. The second-order valence-electron chi connectivity index (χ2n) is 8.64. The van der Waals surface area contributed by atoms with Crippen LogP contribution in [0.5, 0.6) is 0 Å². The molecule has 1 saturated heterocycles. The van der Waals surface area contributed by atoms with Crippen molar-refractivity contribution in [1.82, 2.24) is 15.1 Å². The van der Waals surface area contributed by atoms with E-state index in [9.17, 15) is 9.59 Å². The molecule has 0 bridgehead atoms. The standard InChI is InChI=1S/C21H35ClN4O2S/c1-3-4-5-19(27)25-12-10-17(11-13-25)26(16-8-6-15(2)7-9-16)21(28)24-20-23-14-18(22)29-20/h15-18H,3-14H2,1-2H3,(H,23,24,28)/t15-,16-,18?. The highest BCUT2D eigenvalue weighted by atomic mass is 35.5. The Bertz CT molecular complexity index is 601. The number of amidine groups is 1. The van der Waals surface area contributed by atoms with E-state index in [4.69, 9.17) is 11.6 Å². The number of halogens is 1. The number of alkyl halides is 1. The number of hydrogen-bond acceptors (Lipinski definition) is 4. The summed E-state index contributed by atoms with van der Waals surface area (Å²) in [6, 6.07) is 0.414. The Balaban J connectivity index is 1.62. The fraction of sp³-hybridized carbons (Fsp3) is 0.857. The number of aliphatic imine (C=N–C) groups is 1. The predicted octanol–water partition coefficient (Wildman–Crippen LogP) is 4.43. The zero-order valence-electron chi connectivity index (χ0n) is 17.7. The number of amides is 3. The van der Waals surface area contributed by atoms with Crippen molar-refractivity contribution in [3.8, 4) is 0 Å². The maximum atomic E-state index is 13.2. The van der Waals surface area contributed by atoms with E-state index in [2.05, 4.69) is 29.1 Å². The lowest BCUT2D eigenvalue weighted by Crippen LogP contribution is -2.56. The normalized spacial score (nSPS) is 28.2. The molecule has 2 aliphatic heterocycles. The maximum absolute atomic E-state index is 13.2. The molecule has 0 aromatic rings. The zero-order chi connectivity index (χ0) is 20.8. The average Bonchev–Trinajstić information content (AvgIpc) is 3.13. The van der Waals surface area contributed by atoms with E-state index >= 15 is 0 Å². The first-order chi connectivity index (χ1) is 14.0. The van der Waals surface area contributed by atoms with E-state index in [0.717, 1.165) is 57.5 Å². The lowest BCUT2D eigenvalue weighted by atomic mass is 9.85. The van der Waals surface area contributed by atoms with Gasteiger partial charge in [0.05, 0.1) is 6.54 Å². The molecule has 0 radical (unpaired) electrons. The average molecular weight is 443 g/mol. The summed E-state index contributed by atoms with van der Waals surface area (Å²) in [5.41, 5.74) is 0. The van der Waals surface area contributed by atoms with Gasteiger partial charge < -0.3 is 9.80 Å². The molecule has 164 valence electrons. The van der Waals surface area contributed by atoms with Gasteiger partial charge in [0.2, 0.25) is 5.91 Å². The van der Waals surface area contributed by atoms with E-state index in [1.165, 1.54) is 24.6 Å². The molecule has 3 rings (SSSR count). The first-order valence-corrected chi connectivity index (χ1v) is 12.5. The Hall–Kier alpha value is -0.950. The van der Waals surface area contributed by atoms with Crippen LogP contribution in [0.1, 0.15) is 71.6 Å². The van der Waals surface area contributed by atoms with Crippen molar-refractivity contribution in [3.63, 3.8) is 0 Å². The third kappa shape index (κ3) is 6.27. The zero-order valence-corrected chi connectivity index (χ0v) is 19.3. The highest BCUT2D eigenvalue weighted by Gasteiger charge is 2.36. The lowest BCUT2D eigenvalue weighted by molar-refractivity contribution is -0.132. The summed E-state index contributed by atoms with van der Waals surface area (Å²) in [6.45, 7) is 6.45. The van der Waals surface area contributed by atoms with Crippen molar-refractivity contribution >= 4 is 40.5 Å². The Morgan fingerprint density at radius 2 is 1.83 bits per heavy atom. The molecular formula is C21H35ClN4O2S. The number of carbonyl (C=O) groups excluding carboxylic acids is 2. The smallest absolute Gasteiger partial charge is 0.323 e. The van der Waals surface area contributed by atoms with Crippen LogP contribution in [0.3, 0.4) is 0 Å². The molecule has 1 atom stereocenters. The number of unbranched alkanes of at least 4 members (excludes halogenated alkanes) is 1. The summed E-state index contributed by atoms with van der Waals surface area (Å²) in [6.07, 6.45) is 8.80. The number of urea groups is 1. The summed E-state index contributed by atoms with van der Waals surface area (Å²) >= 11 is 7.53. The summed E-state index contributed by atoms with van der Waals surface area (Å²) in [7, 11) is 0. The van der Waals surface area contributed by atoms with Crippen LogP contribution >= 0.6 is 23.4 Å². The largest absolute Gasteiger partial charge is 0.343 e. The molecule has 3 amide bonds. The number of likely N-dealkylation sites (tertiary alicyclic amines) is 1. The van der Waals surface area contributed by atoms with E-state index in [1.54, 1.807) is 0 Å². The highest BCUT2D eigenvalue weighted by Crippen LogP contribution is 2.31. The Kier molecular flexibility index (Phi) is 8.54. The van der Waals surface area contributed by atoms with Gasteiger partial charge >= 0.3 is 6.03 Å². The van der Waals surface area contributed by atoms with Gasteiger partial charge in [-0.1, -0.05) is 32.0 Å². The Labute approximate surface area is 184 Å². The first kappa shape index (κ1) is 22.7. The van der Waals surface area contributed by atoms with Crippen LogP contribution in [-0.2, 0) is 4.79 Å². The molecule has 1 N–H and O–H groups in total. The van der Waals surface area contributed by atoms with Crippen molar-refractivity contribution in [3.05, 3.63) is 0 Å². The summed E-state index contributed by atoms with van der Waals surface area (Å²) in [5.74, 6) is 0.999. The third-order valence-electron chi connectivity index (χ3n) is 6.40. The molecule has 29 heavy (non-hydrogen) atoms. The first-order valence-electron chi connectivity index (χ1n) is 11.2. The minimum atomic E-state index is -0.0911. The molecule has 0 aromatic heterocycles. The molecule has 6 nitrogen and oxygen atoms in total. The van der Waals surface area contributed by atoms with Crippen molar-refractivity contribution in [1.29, 1.82) is 0 Å². The number of nitrogens with zero attached hydrogens (tertiary/aromatic N) is 3. The minimum absolute atomic E-state index is 0.0441. The summed E-state index contributed by atoms with van der Waals surface area (Å²) in [5, 5.41) is 3.65. The van der Waals surface area contributed by atoms with Gasteiger partial charge in [-0.25, -0.2) is 4.79 Å². The molecule has 1 unspecified atom stereocenters. The van der Waals surface area contributed by atoms with Gasteiger partial charge in [-0.05, 0) is 50.9 Å². The van der Waals surface area contributed by atoms with Gasteiger partial charge in [-0.15, -0.1) is 11.6 Å². The SMILES string of the molecule is CCCCC(=O)N1CCC(N(C(=O)NC2=NCC(Cl)S2)[C@H]2CC[C@H](C)CC2)CC1. The van der Waals surface area contributed by atoms with Gasteiger partial charge in [0.1, 0.15) is 4.71 Å². The maximum Gasteiger partial charge on any atom is 0.323 e. The number of nitrogens with one attached hydrogen (secondary N) is 1. The summed E-state index contributed by atoms with van der Waals surface area (Å²) in [4.78, 5) is 34.0. The van der Waals surface area contributed by atoms with Gasteiger partial charge in [-0.3, -0.25) is 15.1 Å². The quantitative estimate of drug-likeness (QED) is 0.640. The molecule has 8 heteroatoms. The topological polar surface area (TPSA) is 65.0 Å². The fourth-order valence-electron chi connectivity index (χ4n) is 4.61. The number of carbonyl (C=O) groups is 2. The van der Waals surface area contributed by atoms with E-state index in [0.29, 0.717) is 18.1 Å². The molecule has 0 spiro atoms. The summed E-state index contributed by atoms with van der Waals surface area (Å²) < 4.78 is -0.0911. The number of thioether (sulfide) groups is 1. The second kappa shape index (κ2) is 10.9. The molecule has 2 fully saturated rings. The molecule has 1 saturated carbocycles. The molecule has 3 aliphatic rings. The number of hydrogen-bond donors (Lipinski definition) is 1. The minimum Gasteiger partial charge on any atom is -0.343 e. The third-order valence-corrected chi connectivity index (χ3v) is 7.66. The Morgan fingerprint density at radius 3 is 2.41 bits per heavy atom. The van der Waals surface area contributed by atoms with E-state index in [-0.39, 0.29) is 28.7 Å². The molecule has 2 heterocycles. The van der Waals surface area contributed by atoms with Crippen molar-refractivity contribution < 1.29 is 9.59 Å². The predicted molar refractivity (Wildman–Crippen MR) is 120 cm³/mol. The van der Waals surface area contributed by atoms with Gasteiger partial charge in [0.15, 0.2) is 5.17 Å². The van der Waals surface area contributed by atoms with Crippen LogP contribution in [-0.4, -0.2) is 63.3 Å². The van der Waals surface area contributed by atoms with Crippen LogP contribution in [0.25, 0.3) is 0 Å². The lowest BCUT2D eigenvalue weighted by Gasteiger charge is -2.44. The van der Waals surface area contributed by atoms with Crippen LogP contribution < -0.4 is 5.32 Å². The van der Waals surface area contributed by atoms with Crippen molar-refractivity contribution in [2.45, 2.75) is 88.4 Å². The van der Waals surface area contributed by atoms with Crippen LogP contribution in [0.15, 0.2) is 4.99 Å². The molecule has 0 aromatic carbocycles.